The molecule has 1 amide bonds. The Kier molecular flexibility index (Phi) is 8.71. The van der Waals surface area contributed by atoms with Crippen molar-refractivity contribution in [3.8, 4) is 0 Å². The van der Waals surface area contributed by atoms with Crippen LogP contribution in [0.15, 0.2) is 30.3 Å². The number of benzene rings is 1. The Morgan fingerprint density at radius 1 is 0.812 bits per heavy atom. The molecule has 2 rings (SSSR count). The van der Waals surface area contributed by atoms with Gasteiger partial charge in [0, 0.05) is 33.3 Å². The zero-order valence-corrected chi connectivity index (χ0v) is 18.1. The summed E-state index contributed by atoms with van der Waals surface area (Å²) in [5, 5.41) is 2.62. The van der Waals surface area contributed by atoms with Gasteiger partial charge < -0.3 is 29.0 Å². The molecule has 1 N–H and O–H groups in total. The van der Waals surface area contributed by atoms with Crippen molar-refractivity contribution in [1.29, 1.82) is 0 Å². The fraction of sp³-hybridized carbons (Fsp3) is 0.476. The monoisotopic (exact) mass is 451 g/mol. The van der Waals surface area contributed by atoms with E-state index in [4.69, 9.17) is 23.7 Å². The summed E-state index contributed by atoms with van der Waals surface area (Å²) in [5.41, 5.74) is 0.279. The van der Waals surface area contributed by atoms with Crippen molar-refractivity contribution in [2.24, 2.45) is 0 Å². The van der Waals surface area contributed by atoms with Crippen LogP contribution in [0.5, 0.6) is 0 Å². The first-order chi connectivity index (χ1) is 15.1. The minimum atomic E-state index is -1.43. The Hall–Kier alpha value is -3.47. The molecule has 1 fully saturated rings. The van der Waals surface area contributed by atoms with Crippen molar-refractivity contribution in [2.45, 2.75) is 58.3 Å². The first kappa shape index (κ1) is 24.8. The van der Waals surface area contributed by atoms with Crippen LogP contribution in [-0.2, 0) is 42.9 Å². The molecule has 11 heteroatoms. The average Bonchev–Trinajstić information content (AvgIpc) is 2.70. The molecule has 5 atom stereocenters. The molecule has 1 aliphatic heterocycles. The van der Waals surface area contributed by atoms with Gasteiger partial charge in [-0.2, -0.15) is 0 Å². The van der Waals surface area contributed by atoms with Gasteiger partial charge in [-0.05, 0) is 12.1 Å². The maximum atomic E-state index is 12.8. The molecule has 1 saturated heterocycles. The first-order valence-corrected chi connectivity index (χ1v) is 9.75. The highest BCUT2D eigenvalue weighted by molar-refractivity contribution is 5.94. The van der Waals surface area contributed by atoms with Gasteiger partial charge >= 0.3 is 23.9 Å². The SMILES string of the molecule is CC(=O)OCC1OC(OC(C)=O)[C@@H](NC(=O)c2ccccc2)[C@@H](OC(C)=O)[C@@H]1OC(C)=O. The van der Waals surface area contributed by atoms with Gasteiger partial charge in [0.25, 0.3) is 5.91 Å². The van der Waals surface area contributed by atoms with Crippen molar-refractivity contribution in [1.82, 2.24) is 5.32 Å². The molecule has 0 aliphatic carbocycles. The quantitative estimate of drug-likeness (QED) is 0.460. The Labute approximate surface area is 184 Å². The van der Waals surface area contributed by atoms with Crippen LogP contribution in [-0.4, -0.2) is 67.0 Å². The lowest BCUT2D eigenvalue weighted by atomic mass is 9.95. The molecule has 0 aromatic heterocycles. The Balaban J connectivity index is 2.44. The molecule has 1 aromatic carbocycles. The summed E-state index contributed by atoms with van der Waals surface area (Å²) in [5.74, 6) is -3.44. The second kappa shape index (κ2) is 11.2. The number of esters is 4. The summed E-state index contributed by atoms with van der Waals surface area (Å²) < 4.78 is 26.5. The van der Waals surface area contributed by atoms with Crippen molar-refractivity contribution >= 4 is 29.8 Å². The van der Waals surface area contributed by atoms with E-state index in [1.54, 1.807) is 30.3 Å². The van der Waals surface area contributed by atoms with Crippen molar-refractivity contribution < 1.29 is 47.7 Å². The minimum Gasteiger partial charge on any atom is -0.463 e. The molecule has 11 nitrogen and oxygen atoms in total. The fourth-order valence-electron chi connectivity index (χ4n) is 3.14. The number of hydrogen-bond donors (Lipinski definition) is 1. The van der Waals surface area contributed by atoms with Crippen LogP contribution in [0.4, 0.5) is 0 Å². The highest BCUT2D eigenvalue weighted by atomic mass is 16.7. The maximum Gasteiger partial charge on any atom is 0.305 e. The van der Waals surface area contributed by atoms with E-state index in [2.05, 4.69) is 5.32 Å². The van der Waals surface area contributed by atoms with Crippen molar-refractivity contribution in [2.75, 3.05) is 6.61 Å². The van der Waals surface area contributed by atoms with Crippen LogP contribution in [0.3, 0.4) is 0 Å². The van der Waals surface area contributed by atoms with Crippen molar-refractivity contribution in [3.63, 3.8) is 0 Å². The minimum absolute atomic E-state index is 0.279. The molecule has 32 heavy (non-hydrogen) atoms. The summed E-state index contributed by atoms with van der Waals surface area (Å²) in [6.07, 6.45) is -5.18. The molecule has 1 heterocycles. The van der Waals surface area contributed by atoms with E-state index >= 15 is 0 Å². The van der Waals surface area contributed by atoms with Crippen LogP contribution >= 0.6 is 0 Å². The van der Waals surface area contributed by atoms with E-state index in [0.717, 1.165) is 20.8 Å². The Morgan fingerprint density at radius 3 is 1.91 bits per heavy atom. The highest BCUT2D eigenvalue weighted by Gasteiger charge is 2.52. The van der Waals surface area contributed by atoms with Gasteiger partial charge in [-0.1, -0.05) is 18.2 Å². The molecule has 1 aromatic rings. The van der Waals surface area contributed by atoms with Gasteiger partial charge in [-0.25, -0.2) is 0 Å². The Bertz CT molecular complexity index is 855. The van der Waals surface area contributed by atoms with E-state index in [0.29, 0.717) is 0 Å². The molecule has 174 valence electrons. The number of nitrogens with one attached hydrogen (secondary N) is 1. The summed E-state index contributed by atoms with van der Waals surface area (Å²) in [6.45, 7) is 4.16. The maximum absolute atomic E-state index is 12.8. The number of ether oxygens (including phenoxy) is 5. The Morgan fingerprint density at radius 2 is 1.38 bits per heavy atom. The predicted molar refractivity (Wildman–Crippen MR) is 106 cm³/mol. The number of rotatable bonds is 7. The van der Waals surface area contributed by atoms with E-state index in [1.807, 2.05) is 0 Å². The third-order valence-corrected chi connectivity index (χ3v) is 4.32. The van der Waals surface area contributed by atoms with E-state index in [-0.39, 0.29) is 12.2 Å². The second-order valence-electron chi connectivity index (χ2n) is 6.97. The fourth-order valence-corrected chi connectivity index (χ4v) is 3.14. The number of carbonyl (C=O) groups is 5. The van der Waals surface area contributed by atoms with Crippen LogP contribution < -0.4 is 5.32 Å². The molecule has 2 unspecified atom stereocenters. The van der Waals surface area contributed by atoms with Crippen LogP contribution in [0.1, 0.15) is 38.1 Å². The highest BCUT2D eigenvalue weighted by Crippen LogP contribution is 2.28. The van der Waals surface area contributed by atoms with Gasteiger partial charge in [-0.3, -0.25) is 24.0 Å². The topological polar surface area (TPSA) is 144 Å². The molecule has 0 bridgehead atoms. The molecular formula is C21H25NO10. The van der Waals surface area contributed by atoms with Gasteiger partial charge in [-0.15, -0.1) is 0 Å². The van der Waals surface area contributed by atoms with Gasteiger partial charge in [0.2, 0.25) is 6.29 Å². The normalized spacial score (nSPS) is 24.6. The number of carbonyl (C=O) groups excluding carboxylic acids is 5. The van der Waals surface area contributed by atoms with Crippen molar-refractivity contribution in [3.05, 3.63) is 35.9 Å². The van der Waals surface area contributed by atoms with Gasteiger partial charge in [0.15, 0.2) is 12.2 Å². The zero-order chi connectivity index (χ0) is 23.8. The van der Waals surface area contributed by atoms with Crippen LogP contribution in [0.25, 0.3) is 0 Å². The van der Waals surface area contributed by atoms with Gasteiger partial charge in [0.05, 0.1) is 0 Å². The third-order valence-electron chi connectivity index (χ3n) is 4.32. The summed E-state index contributed by atoms with van der Waals surface area (Å²) in [4.78, 5) is 59.3. The third kappa shape index (κ3) is 7.05. The summed E-state index contributed by atoms with van der Waals surface area (Å²) in [6, 6.07) is 6.88. The lowest BCUT2D eigenvalue weighted by molar-refractivity contribution is -0.270. The molecule has 0 saturated carbocycles. The summed E-state index contributed by atoms with van der Waals surface area (Å²) >= 11 is 0. The first-order valence-electron chi connectivity index (χ1n) is 9.75. The zero-order valence-electron chi connectivity index (χ0n) is 18.1. The average molecular weight is 451 g/mol. The largest absolute Gasteiger partial charge is 0.463 e. The molecule has 0 radical (unpaired) electrons. The van der Waals surface area contributed by atoms with Crippen LogP contribution in [0.2, 0.25) is 0 Å². The lowest BCUT2D eigenvalue weighted by Crippen LogP contribution is -2.67. The predicted octanol–water partition coefficient (Wildman–Crippen LogP) is 0.500. The van der Waals surface area contributed by atoms with E-state index in [1.165, 1.54) is 6.92 Å². The molecule has 1 aliphatic rings. The standard InChI is InChI=1S/C21H25NO10/c1-11(23)28-10-16-18(29-12(2)24)19(30-13(3)25)17(21(32-16)31-14(4)26)22-20(27)15-8-6-5-7-9-15/h5-9,16-19,21H,10H2,1-4H3,(H,22,27)/t16?,17-,18+,19+,21?/m0/s1. The number of amides is 1. The van der Waals surface area contributed by atoms with Crippen LogP contribution in [0, 0.1) is 0 Å². The molecule has 0 spiro atoms. The van der Waals surface area contributed by atoms with Gasteiger partial charge in [0.1, 0.15) is 18.8 Å². The number of hydrogen-bond acceptors (Lipinski definition) is 10. The van der Waals surface area contributed by atoms with E-state index < -0.39 is 60.4 Å². The second-order valence-corrected chi connectivity index (χ2v) is 6.97. The molecular weight excluding hydrogens is 426 g/mol. The lowest BCUT2D eigenvalue weighted by Gasteiger charge is -2.44. The van der Waals surface area contributed by atoms with E-state index in [9.17, 15) is 24.0 Å². The summed E-state index contributed by atoms with van der Waals surface area (Å²) in [7, 11) is 0. The smallest absolute Gasteiger partial charge is 0.305 e.